The summed E-state index contributed by atoms with van der Waals surface area (Å²) in [4.78, 5) is 27.0. The fourth-order valence-electron chi connectivity index (χ4n) is 4.43. The zero-order chi connectivity index (χ0) is 19.3. The van der Waals surface area contributed by atoms with Crippen molar-refractivity contribution in [2.24, 2.45) is 5.92 Å². The average molecular weight is 377 g/mol. The molecule has 0 spiro atoms. The van der Waals surface area contributed by atoms with Crippen LogP contribution in [0.25, 0.3) is 0 Å². The summed E-state index contributed by atoms with van der Waals surface area (Å²) in [6.45, 7) is 1.32. The number of rotatable bonds is 5. The molecular weight excluding hydrogens is 348 g/mol. The van der Waals surface area contributed by atoms with Gasteiger partial charge in [-0.3, -0.25) is 9.59 Å². The first kappa shape index (κ1) is 18.7. The summed E-state index contributed by atoms with van der Waals surface area (Å²) < 4.78 is 0. The highest BCUT2D eigenvalue weighted by molar-refractivity contribution is 5.94. The summed E-state index contributed by atoms with van der Waals surface area (Å²) in [6.07, 6.45) is 7.62. The lowest BCUT2D eigenvalue weighted by Crippen LogP contribution is -2.36. The molecule has 1 aliphatic heterocycles. The molecule has 0 atom stereocenters. The number of carbonyl (C=O) groups excluding carboxylic acids is 2. The Balaban J connectivity index is 1.37. The Morgan fingerprint density at radius 3 is 2.57 bits per heavy atom. The molecule has 1 heterocycles. The van der Waals surface area contributed by atoms with Crippen molar-refractivity contribution in [3.05, 3.63) is 65.2 Å². The fourth-order valence-corrected chi connectivity index (χ4v) is 4.43. The van der Waals surface area contributed by atoms with Gasteiger partial charge in [-0.2, -0.15) is 0 Å². The van der Waals surface area contributed by atoms with E-state index in [1.54, 1.807) is 0 Å². The van der Waals surface area contributed by atoms with Crippen LogP contribution in [0.4, 0.5) is 5.69 Å². The molecule has 28 heavy (non-hydrogen) atoms. The Morgan fingerprint density at radius 1 is 1.00 bits per heavy atom. The maximum atomic E-state index is 12.7. The van der Waals surface area contributed by atoms with Crippen LogP contribution >= 0.6 is 0 Å². The van der Waals surface area contributed by atoms with E-state index in [2.05, 4.69) is 11.4 Å². The van der Waals surface area contributed by atoms with Gasteiger partial charge in [-0.25, -0.2) is 0 Å². The van der Waals surface area contributed by atoms with Crippen molar-refractivity contribution in [1.82, 2.24) is 4.90 Å². The van der Waals surface area contributed by atoms with E-state index in [9.17, 15) is 9.59 Å². The molecule has 4 rings (SSSR count). The molecule has 1 N–H and O–H groups in total. The molecule has 0 unspecified atom stereocenters. The van der Waals surface area contributed by atoms with Crippen LogP contribution in [0.2, 0.25) is 0 Å². The number of amides is 2. The van der Waals surface area contributed by atoms with Crippen molar-refractivity contribution in [3.8, 4) is 0 Å². The monoisotopic (exact) mass is 376 g/mol. The normalized spacial score (nSPS) is 16.6. The first-order valence-corrected chi connectivity index (χ1v) is 10.4. The Hall–Kier alpha value is -2.62. The lowest BCUT2D eigenvalue weighted by molar-refractivity contribution is -0.116. The second-order valence-electron chi connectivity index (χ2n) is 8.06. The molecule has 2 aliphatic rings. The third-order valence-corrected chi connectivity index (χ3v) is 6.06. The van der Waals surface area contributed by atoms with Crippen LogP contribution in [0.5, 0.6) is 0 Å². The van der Waals surface area contributed by atoms with Crippen molar-refractivity contribution in [1.29, 1.82) is 0 Å². The van der Waals surface area contributed by atoms with E-state index in [0.29, 0.717) is 13.0 Å². The summed E-state index contributed by atoms with van der Waals surface area (Å²) in [6, 6.07) is 15.5. The average Bonchev–Trinajstić information content (AvgIpc) is 3.25. The van der Waals surface area contributed by atoms with Crippen LogP contribution in [0.15, 0.2) is 48.5 Å². The topological polar surface area (TPSA) is 49.4 Å². The standard InChI is InChI=1S/C24H28N2O2/c27-23(13-10-18-6-4-5-7-18)25-22-12-11-19-14-15-26(17-21(19)16-22)24(28)20-8-2-1-3-9-20/h1-3,8-9,11-12,16,18H,4-7,10,13-15,17H2,(H,25,27). The summed E-state index contributed by atoms with van der Waals surface area (Å²) >= 11 is 0. The molecule has 2 aromatic carbocycles. The highest BCUT2D eigenvalue weighted by atomic mass is 16.2. The zero-order valence-corrected chi connectivity index (χ0v) is 16.3. The maximum absolute atomic E-state index is 12.7. The number of fused-ring (bicyclic) bond motifs is 1. The SMILES string of the molecule is O=C(CCC1CCCC1)Nc1ccc2c(c1)CN(C(=O)c1ccccc1)CC2. The van der Waals surface area contributed by atoms with Gasteiger partial charge in [-0.1, -0.05) is 49.9 Å². The number of carbonyl (C=O) groups is 2. The third kappa shape index (κ3) is 4.44. The van der Waals surface area contributed by atoms with E-state index in [0.717, 1.165) is 42.1 Å². The van der Waals surface area contributed by atoms with Crippen LogP contribution in [0.1, 0.15) is 60.0 Å². The van der Waals surface area contributed by atoms with E-state index in [1.165, 1.54) is 31.2 Å². The van der Waals surface area contributed by atoms with Gasteiger partial charge in [0.2, 0.25) is 5.91 Å². The van der Waals surface area contributed by atoms with Crippen molar-refractivity contribution < 1.29 is 9.59 Å². The summed E-state index contributed by atoms with van der Waals surface area (Å²) in [7, 11) is 0. The van der Waals surface area contributed by atoms with E-state index in [1.807, 2.05) is 47.4 Å². The number of nitrogens with one attached hydrogen (secondary N) is 1. The number of anilines is 1. The number of hydrogen-bond acceptors (Lipinski definition) is 2. The molecule has 1 aliphatic carbocycles. The second kappa shape index (κ2) is 8.59. The molecule has 146 valence electrons. The smallest absolute Gasteiger partial charge is 0.254 e. The molecule has 2 aromatic rings. The minimum Gasteiger partial charge on any atom is -0.334 e. The van der Waals surface area contributed by atoms with Gasteiger partial charge in [0, 0.05) is 30.8 Å². The molecule has 2 amide bonds. The van der Waals surface area contributed by atoms with Crippen LogP contribution in [-0.2, 0) is 17.8 Å². The maximum Gasteiger partial charge on any atom is 0.254 e. The van der Waals surface area contributed by atoms with Crippen LogP contribution in [0.3, 0.4) is 0 Å². The number of hydrogen-bond donors (Lipinski definition) is 1. The van der Waals surface area contributed by atoms with Gasteiger partial charge in [-0.05, 0) is 54.2 Å². The lowest BCUT2D eigenvalue weighted by Gasteiger charge is -2.29. The molecule has 0 radical (unpaired) electrons. The number of nitrogens with zero attached hydrogens (tertiary/aromatic N) is 1. The van der Waals surface area contributed by atoms with E-state index >= 15 is 0 Å². The molecule has 4 heteroatoms. The Labute approximate surface area is 166 Å². The largest absolute Gasteiger partial charge is 0.334 e. The van der Waals surface area contributed by atoms with Gasteiger partial charge < -0.3 is 10.2 Å². The van der Waals surface area contributed by atoms with Gasteiger partial charge >= 0.3 is 0 Å². The van der Waals surface area contributed by atoms with Crippen molar-refractivity contribution in [3.63, 3.8) is 0 Å². The van der Waals surface area contributed by atoms with Gasteiger partial charge in [0.1, 0.15) is 0 Å². The predicted octanol–water partition coefficient (Wildman–Crippen LogP) is 4.79. The van der Waals surface area contributed by atoms with Crippen LogP contribution in [0, 0.1) is 5.92 Å². The minimum absolute atomic E-state index is 0.0669. The quantitative estimate of drug-likeness (QED) is 0.815. The van der Waals surface area contributed by atoms with Gasteiger partial charge in [-0.15, -0.1) is 0 Å². The van der Waals surface area contributed by atoms with E-state index < -0.39 is 0 Å². The molecular formula is C24H28N2O2. The zero-order valence-electron chi connectivity index (χ0n) is 16.3. The molecule has 1 fully saturated rings. The summed E-state index contributed by atoms with van der Waals surface area (Å²) in [5.41, 5.74) is 3.96. The molecule has 0 saturated heterocycles. The van der Waals surface area contributed by atoms with Gasteiger partial charge in [0.25, 0.3) is 5.91 Å². The second-order valence-corrected chi connectivity index (χ2v) is 8.06. The highest BCUT2D eigenvalue weighted by Gasteiger charge is 2.22. The Kier molecular flexibility index (Phi) is 5.75. The number of benzene rings is 2. The van der Waals surface area contributed by atoms with Crippen LogP contribution in [-0.4, -0.2) is 23.3 Å². The molecule has 0 bridgehead atoms. The Bertz CT molecular complexity index is 841. The Morgan fingerprint density at radius 2 is 1.79 bits per heavy atom. The van der Waals surface area contributed by atoms with Crippen LogP contribution < -0.4 is 5.32 Å². The summed E-state index contributed by atoms with van der Waals surface area (Å²) in [5, 5.41) is 3.05. The lowest BCUT2D eigenvalue weighted by atomic mass is 9.98. The highest BCUT2D eigenvalue weighted by Crippen LogP contribution is 2.29. The summed E-state index contributed by atoms with van der Waals surface area (Å²) in [5.74, 6) is 0.893. The molecule has 4 nitrogen and oxygen atoms in total. The first-order valence-electron chi connectivity index (χ1n) is 10.4. The van der Waals surface area contributed by atoms with E-state index in [4.69, 9.17) is 0 Å². The first-order chi connectivity index (χ1) is 13.7. The van der Waals surface area contributed by atoms with Crippen molar-refractivity contribution >= 4 is 17.5 Å². The predicted molar refractivity (Wildman–Crippen MR) is 111 cm³/mol. The third-order valence-electron chi connectivity index (χ3n) is 6.06. The van der Waals surface area contributed by atoms with Crippen molar-refractivity contribution in [2.75, 3.05) is 11.9 Å². The fraction of sp³-hybridized carbons (Fsp3) is 0.417. The van der Waals surface area contributed by atoms with Gasteiger partial charge in [0.15, 0.2) is 0 Å². The minimum atomic E-state index is 0.0669. The van der Waals surface area contributed by atoms with Crippen molar-refractivity contribution in [2.45, 2.75) is 51.5 Å². The van der Waals surface area contributed by atoms with Gasteiger partial charge in [0.05, 0.1) is 0 Å². The molecule has 0 aromatic heterocycles. The van der Waals surface area contributed by atoms with E-state index in [-0.39, 0.29) is 11.8 Å². The molecule has 1 saturated carbocycles.